The molecule has 0 atom stereocenters. The van der Waals surface area contributed by atoms with E-state index >= 15 is 0 Å². The first-order chi connectivity index (χ1) is 8.68. The molecule has 0 saturated carbocycles. The SMILES string of the molecule is CCOC1(C(=O)Cc2sccc2Br)CCOCC1. The van der Waals surface area contributed by atoms with Gasteiger partial charge in [-0.15, -0.1) is 11.3 Å². The molecule has 0 N–H and O–H groups in total. The lowest BCUT2D eigenvalue weighted by atomic mass is 9.87. The van der Waals surface area contributed by atoms with Crippen LogP contribution in [-0.2, 0) is 20.7 Å². The minimum absolute atomic E-state index is 0.177. The second-order valence-electron chi connectivity index (χ2n) is 4.33. The summed E-state index contributed by atoms with van der Waals surface area (Å²) in [7, 11) is 0. The van der Waals surface area contributed by atoms with Gasteiger partial charge in [0.1, 0.15) is 5.60 Å². The molecule has 1 aromatic heterocycles. The third-order valence-corrected chi connectivity index (χ3v) is 5.17. The molecule has 1 fully saturated rings. The van der Waals surface area contributed by atoms with Crippen molar-refractivity contribution in [3.05, 3.63) is 20.8 Å². The normalized spacial score (nSPS) is 18.8. The van der Waals surface area contributed by atoms with Gasteiger partial charge in [0.25, 0.3) is 0 Å². The van der Waals surface area contributed by atoms with Crippen LogP contribution in [0.2, 0.25) is 0 Å². The summed E-state index contributed by atoms with van der Waals surface area (Å²) in [4.78, 5) is 13.6. The number of hydrogen-bond donors (Lipinski definition) is 0. The van der Waals surface area contributed by atoms with Crippen LogP contribution in [0.4, 0.5) is 0 Å². The van der Waals surface area contributed by atoms with E-state index in [0.717, 1.165) is 9.35 Å². The van der Waals surface area contributed by atoms with Gasteiger partial charge in [0.15, 0.2) is 5.78 Å². The maximum atomic E-state index is 12.5. The van der Waals surface area contributed by atoms with Crippen molar-refractivity contribution in [2.24, 2.45) is 0 Å². The van der Waals surface area contributed by atoms with Crippen LogP contribution in [-0.4, -0.2) is 31.2 Å². The topological polar surface area (TPSA) is 35.5 Å². The predicted molar refractivity (Wildman–Crippen MR) is 75.1 cm³/mol. The van der Waals surface area contributed by atoms with Crippen molar-refractivity contribution in [3.63, 3.8) is 0 Å². The smallest absolute Gasteiger partial charge is 0.170 e. The molecule has 0 amide bonds. The summed E-state index contributed by atoms with van der Waals surface area (Å²) in [6.07, 6.45) is 1.78. The second-order valence-corrected chi connectivity index (χ2v) is 6.19. The highest BCUT2D eigenvalue weighted by molar-refractivity contribution is 9.10. The zero-order valence-corrected chi connectivity index (χ0v) is 12.8. The van der Waals surface area contributed by atoms with E-state index in [2.05, 4.69) is 15.9 Å². The van der Waals surface area contributed by atoms with Crippen molar-refractivity contribution in [2.75, 3.05) is 19.8 Å². The largest absolute Gasteiger partial charge is 0.381 e. The van der Waals surface area contributed by atoms with Gasteiger partial charge in [-0.05, 0) is 34.3 Å². The van der Waals surface area contributed by atoms with Crippen LogP contribution in [0, 0.1) is 0 Å². The maximum absolute atomic E-state index is 12.5. The molecule has 5 heteroatoms. The molecule has 0 aliphatic carbocycles. The summed E-state index contributed by atoms with van der Waals surface area (Å²) in [6.45, 7) is 3.72. The van der Waals surface area contributed by atoms with Crippen molar-refractivity contribution in [3.8, 4) is 0 Å². The summed E-state index contributed by atoms with van der Waals surface area (Å²) >= 11 is 5.07. The number of ether oxygens (including phenoxy) is 2. The molecule has 0 aromatic carbocycles. The molecule has 3 nitrogen and oxygen atoms in total. The molecule has 2 rings (SSSR count). The maximum Gasteiger partial charge on any atom is 0.170 e. The Kier molecular flexibility index (Phi) is 4.95. The lowest BCUT2D eigenvalue weighted by molar-refractivity contribution is -0.156. The number of carbonyl (C=O) groups is 1. The molecule has 1 aliphatic rings. The molecular formula is C13H17BrO3S. The Hall–Kier alpha value is -0.230. The Morgan fingerprint density at radius 3 is 2.83 bits per heavy atom. The van der Waals surface area contributed by atoms with E-state index in [4.69, 9.17) is 9.47 Å². The third-order valence-electron chi connectivity index (χ3n) is 3.24. The molecule has 1 aliphatic heterocycles. The number of hydrogen-bond acceptors (Lipinski definition) is 4. The van der Waals surface area contributed by atoms with E-state index in [1.165, 1.54) is 0 Å². The standard InChI is InChI=1S/C13H17BrO3S/c1-2-17-13(4-6-16-7-5-13)12(15)9-11-10(14)3-8-18-11/h3,8H,2,4-7,9H2,1H3. The zero-order valence-electron chi connectivity index (χ0n) is 10.4. The van der Waals surface area contributed by atoms with Crippen LogP contribution in [0.25, 0.3) is 0 Å². The van der Waals surface area contributed by atoms with Crippen molar-refractivity contribution in [1.29, 1.82) is 0 Å². The second kappa shape index (κ2) is 6.28. The molecular weight excluding hydrogens is 316 g/mol. The third kappa shape index (κ3) is 3.02. The molecule has 0 spiro atoms. The number of carbonyl (C=O) groups excluding carboxylic acids is 1. The van der Waals surface area contributed by atoms with E-state index in [1.54, 1.807) is 11.3 Å². The minimum Gasteiger partial charge on any atom is -0.381 e. The Morgan fingerprint density at radius 1 is 1.56 bits per heavy atom. The van der Waals surface area contributed by atoms with Crippen LogP contribution >= 0.6 is 27.3 Å². The van der Waals surface area contributed by atoms with Gasteiger partial charge in [-0.3, -0.25) is 4.79 Å². The predicted octanol–water partition coefficient (Wildman–Crippen LogP) is 3.21. The average molecular weight is 333 g/mol. The number of thiophene rings is 1. The van der Waals surface area contributed by atoms with E-state index in [9.17, 15) is 4.79 Å². The van der Waals surface area contributed by atoms with Gasteiger partial charge in [0.2, 0.25) is 0 Å². The molecule has 100 valence electrons. The summed E-state index contributed by atoms with van der Waals surface area (Å²) < 4.78 is 12.1. The highest BCUT2D eigenvalue weighted by atomic mass is 79.9. The number of Topliss-reactive ketones (excluding diaryl/α,β-unsaturated/α-hetero) is 1. The van der Waals surface area contributed by atoms with Crippen LogP contribution < -0.4 is 0 Å². The fraction of sp³-hybridized carbons (Fsp3) is 0.615. The fourth-order valence-electron chi connectivity index (χ4n) is 2.24. The van der Waals surface area contributed by atoms with Crippen LogP contribution in [0.5, 0.6) is 0 Å². The van der Waals surface area contributed by atoms with Crippen molar-refractivity contribution >= 4 is 33.0 Å². The Morgan fingerprint density at radius 2 is 2.28 bits per heavy atom. The first-order valence-corrected chi connectivity index (χ1v) is 7.82. The van der Waals surface area contributed by atoms with Gasteiger partial charge in [0, 0.05) is 48.4 Å². The minimum atomic E-state index is -0.629. The monoisotopic (exact) mass is 332 g/mol. The van der Waals surface area contributed by atoms with Gasteiger partial charge < -0.3 is 9.47 Å². The molecule has 0 radical (unpaired) electrons. The van der Waals surface area contributed by atoms with Crippen LogP contribution in [0.1, 0.15) is 24.6 Å². The van der Waals surface area contributed by atoms with Gasteiger partial charge in [-0.1, -0.05) is 0 Å². The fourth-order valence-corrected chi connectivity index (χ4v) is 3.73. The summed E-state index contributed by atoms with van der Waals surface area (Å²) in [5.41, 5.74) is -0.629. The Labute approximate surface area is 120 Å². The highest BCUT2D eigenvalue weighted by Gasteiger charge is 2.40. The van der Waals surface area contributed by atoms with Gasteiger partial charge in [0.05, 0.1) is 0 Å². The number of halogens is 1. The first kappa shape index (κ1) is 14.2. The molecule has 0 bridgehead atoms. The number of rotatable bonds is 5. The quantitative estimate of drug-likeness (QED) is 0.830. The zero-order chi connectivity index (χ0) is 13.0. The van der Waals surface area contributed by atoms with Crippen molar-refractivity contribution in [1.82, 2.24) is 0 Å². The number of ketones is 1. The van der Waals surface area contributed by atoms with Gasteiger partial charge >= 0.3 is 0 Å². The van der Waals surface area contributed by atoms with Crippen molar-refractivity contribution < 1.29 is 14.3 Å². The highest BCUT2D eigenvalue weighted by Crippen LogP contribution is 2.30. The molecule has 2 heterocycles. The molecule has 1 saturated heterocycles. The Bertz CT molecular complexity index is 405. The summed E-state index contributed by atoms with van der Waals surface area (Å²) in [5, 5.41) is 1.99. The summed E-state index contributed by atoms with van der Waals surface area (Å²) in [5.74, 6) is 0.177. The van der Waals surface area contributed by atoms with Crippen molar-refractivity contribution in [2.45, 2.75) is 31.8 Å². The molecule has 18 heavy (non-hydrogen) atoms. The van der Waals surface area contributed by atoms with Crippen LogP contribution in [0.15, 0.2) is 15.9 Å². The van der Waals surface area contributed by atoms with E-state index < -0.39 is 5.60 Å². The first-order valence-electron chi connectivity index (χ1n) is 6.15. The lowest BCUT2D eigenvalue weighted by Crippen LogP contribution is -2.47. The molecule has 1 aromatic rings. The van der Waals surface area contributed by atoms with E-state index in [-0.39, 0.29) is 5.78 Å². The van der Waals surface area contributed by atoms with Gasteiger partial charge in [-0.25, -0.2) is 0 Å². The summed E-state index contributed by atoms with van der Waals surface area (Å²) in [6, 6.07) is 1.98. The average Bonchev–Trinajstić information content (AvgIpc) is 2.76. The lowest BCUT2D eigenvalue weighted by Gasteiger charge is -2.35. The molecule has 0 unspecified atom stereocenters. The van der Waals surface area contributed by atoms with E-state index in [1.807, 2.05) is 18.4 Å². The van der Waals surface area contributed by atoms with E-state index in [0.29, 0.717) is 39.1 Å². The Balaban J connectivity index is 2.11. The van der Waals surface area contributed by atoms with Gasteiger partial charge in [-0.2, -0.15) is 0 Å². The van der Waals surface area contributed by atoms with Crippen LogP contribution in [0.3, 0.4) is 0 Å².